The molecule has 0 atom stereocenters. The van der Waals surface area contributed by atoms with Crippen molar-refractivity contribution in [3.63, 3.8) is 0 Å². The topological polar surface area (TPSA) is 54.0 Å². The van der Waals surface area contributed by atoms with Crippen LogP contribution in [0.25, 0.3) is 0 Å². The van der Waals surface area contributed by atoms with E-state index < -0.39 is 11.7 Å². The molecule has 2 aromatic rings. The fourth-order valence-electron chi connectivity index (χ4n) is 1.71. The monoisotopic (exact) mass is 309 g/mol. The molecule has 2 N–H and O–H groups in total. The molecular weight excluding hydrogens is 295 g/mol. The highest BCUT2D eigenvalue weighted by Crippen LogP contribution is 2.31. The number of carbonyl (C=O) groups is 1. The van der Waals surface area contributed by atoms with Gasteiger partial charge in [0.15, 0.2) is 0 Å². The van der Waals surface area contributed by atoms with Gasteiger partial charge < -0.3 is 10.6 Å². The maximum absolute atomic E-state index is 12.6. The number of carbonyl (C=O) groups excluding carboxylic acids is 1. The summed E-state index contributed by atoms with van der Waals surface area (Å²) in [6.07, 6.45) is -2.60. The smallest absolute Gasteiger partial charge is 0.340 e. The Balaban J connectivity index is 2.09. The van der Waals surface area contributed by atoms with Crippen molar-refractivity contribution in [2.45, 2.75) is 19.5 Å². The minimum absolute atomic E-state index is 0.139. The van der Waals surface area contributed by atoms with E-state index in [0.717, 1.165) is 12.1 Å². The van der Waals surface area contributed by atoms with E-state index in [9.17, 15) is 18.0 Å². The number of hydrogen-bond donors (Lipinski definition) is 2. The third kappa shape index (κ3) is 4.21. The van der Waals surface area contributed by atoms with Gasteiger partial charge in [-0.05, 0) is 30.3 Å². The van der Waals surface area contributed by atoms with Gasteiger partial charge in [-0.15, -0.1) is 0 Å². The van der Waals surface area contributed by atoms with Gasteiger partial charge in [0.05, 0.1) is 17.4 Å². The number of amides is 1. The number of aromatic nitrogens is 1. The lowest BCUT2D eigenvalue weighted by molar-refractivity contribution is -0.137. The van der Waals surface area contributed by atoms with Gasteiger partial charge in [-0.1, -0.05) is 13.0 Å². The van der Waals surface area contributed by atoms with Crippen molar-refractivity contribution in [3.8, 4) is 0 Å². The Morgan fingerprint density at radius 3 is 2.55 bits per heavy atom. The second-order valence-corrected chi connectivity index (χ2v) is 4.54. The van der Waals surface area contributed by atoms with Crippen molar-refractivity contribution in [1.82, 2.24) is 4.98 Å². The third-order valence-corrected chi connectivity index (χ3v) is 2.83. The van der Waals surface area contributed by atoms with E-state index in [1.807, 2.05) is 0 Å². The van der Waals surface area contributed by atoms with Crippen LogP contribution in [0.15, 0.2) is 42.6 Å². The molecule has 22 heavy (non-hydrogen) atoms. The quantitative estimate of drug-likeness (QED) is 0.890. The predicted octanol–water partition coefficient (Wildman–Crippen LogP) is 4.19. The Morgan fingerprint density at radius 1 is 1.18 bits per heavy atom. The summed E-state index contributed by atoms with van der Waals surface area (Å²) in [6, 6.07) is 8.04. The summed E-state index contributed by atoms with van der Waals surface area (Å²) >= 11 is 0. The van der Waals surface area contributed by atoms with Crippen molar-refractivity contribution in [2.24, 2.45) is 0 Å². The van der Waals surface area contributed by atoms with Crippen LogP contribution in [0.1, 0.15) is 18.9 Å². The number of nitrogens with one attached hydrogen (secondary N) is 2. The van der Waals surface area contributed by atoms with Crippen LogP contribution in [0.5, 0.6) is 0 Å². The molecule has 2 rings (SSSR count). The molecule has 0 spiro atoms. The molecule has 1 aromatic heterocycles. The Bertz CT molecular complexity index is 654. The van der Waals surface area contributed by atoms with Gasteiger partial charge in [-0.2, -0.15) is 13.2 Å². The molecule has 0 aliphatic rings. The average Bonchev–Trinajstić information content (AvgIpc) is 2.48. The maximum Gasteiger partial charge on any atom is 0.416 e. The minimum Gasteiger partial charge on any atom is -0.340 e. The van der Waals surface area contributed by atoms with E-state index >= 15 is 0 Å². The van der Waals surface area contributed by atoms with Crippen LogP contribution in [0.3, 0.4) is 0 Å². The summed E-state index contributed by atoms with van der Waals surface area (Å²) in [6.45, 7) is 1.73. The van der Waals surface area contributed by atoms with Gasteiger partial charge in [0.2, 0.25) is 5.91 Å². The first kappa shape index (κ1) is 15.8. The van der Waals surface area contributed by atoms with E-state index in [2.05, 4.69) is 15.6 Å². The van der Waals surface area contributed by atoms with Gasteiger partial charge >= 0.3 is 6.18 Å². The molecule has 0 aliphatic carbocycles. The number of benzene rings is 1. The van der Waals surface area contributed by atoms with E-state index in [1.54, 1.807) is 19.1 Å². The Kier molecular flexibility index (Phi) is 4.65. The second-order valence-electron chi connectivity index (χ2n) is 4.54. The number of halogens is 3. The number of pyridine rings is 1. The van der Waals surface area contributed by atoms with Crippen molar-refractivity contribution < 1.29 is 18.0 Å². The first-order chi connectivity index (χ1) is 10.4. The summed E-state index contributed by atoms with van der Waals surface area (Å²) < 4.78 is 37.9. The van der Waals surface area contributed by atoms with Crippen LogP contribution in [0.2, 0.25) is 0 Å². The van der Waals surface area contributed by atoms with E-state index in [-0.39, 0.29) is 11.6 Å². The van der Waals surface area contributed by atoms with Crippen LogP contribution >= 0.6 is 0 Å². The lowest BCUT2D eigenvalue weighted by atomic mass is 10.2. The van der Waals surface area contributed by atoms with Crippen LogP contribution < -0.4 is 10.6 Å². The molecule has 1 heterocycles. The zero-order chi connectivity index (χ0) is 16.2. The van der Waals surface area contributed by atoms with Crippen LogP contribution in [-0.4, -0.2) is 10.9 Å². The normalized spacial score (nSPS) is 11.1. The first-order valence-electron chi connectivity index (χ1n) is 6.58. The standard InChI is InChI=1S/C15H14F3N3O/c1-2-14(22)21-12-6-7-13(19-9-12)20-11-5-3-4-10(8-11)15(16,17)18/h3-9H,2H2,1H3,(H,19,20)(H,21,22). The number of hydrogen-bond acceptors (Lipinski definition) is 3. The summed E-state index contributed by atoms with van der Waals surface area (Å²) in [5, 5.41) is 5.42. The predicted molar refractivity (Wildman–Crippen MR) is 77.9 cm³/mol. The van der Waals surface area contributed by atoms with Gasteiger partial charge in [0, 0.05) is 12.1 Å². The molecule has 0 fully saturated rings. The molecular formula is C15H14F3N3O. The second kappa shape index (κ2) is 6.46. The molecule has 0 unspecified atom stereocenters. The zero-order valence-electron chi connectivity index (χ0n) is 11.7. The van der Waals surface area contributed by atoms with E-state index in [0.29, 0.717) is 17.9 Å². The van der Waals surface area contributed by atoms with Gasteiger partial charge in [0.1, 0.15) is 5.82 Å². The van der Waals surface area contributed by atoms with Gasteiger partial charge in [-0.25, -0.2) is 4.98 Å². The average molecular weight is 309 g/mol. The fraction of sp³-hybridized carbons (Fsp3) is 0.200. The van der Waals surface area contributed by atoms with Crippen LogP contribution in [0.4, 0.5) is 30.4 Å². The molecule has 0 saturated heterocycles. The van der Waals surface area contributed by atoms with Crippen molar-refractivity contribution in [3.05, 3.63) is 48.2 Å². The Morgan fingerprint density at radius 2 is 1.95 bits per heavy atom. The van der Waals surface area contributed by atoms with Gasteiger partial charge in [-0.3, -0.25) is 4.79 Å². The summed E-state index contributed by atoms with van der Waals surface area (Å²) in [4.78, 5) is 15.3. The Labute approximate surface area is 125 Å². The number of rotatable bonds is 4. The summed E-state index contributed by atoms with van der Waals surface area (Å²) in [7, 11) is 0. The summed E-state index contributed by atoms with van der Waals surface area (Å²) in [5.74, 6) is 0.245. The molecule has 7 heteroatoms. The fourth-order valence-corrected chi connectivity index (χ4v) is 1.71. The molecule has 0 aliphatic heterocycles. The molecule has 0 radical (unpaired) electrons. The third-order valence-electron chi connectivity index (χ3n) is 2.83. The molecule has 0 bridgehead atoms. The number of nitrogens with zero attached hydrogens (tertiary/aromatic N) is 1. The number of anilines is 3. The number of alkyl halides is 3. The van der Waals surface area contributed by atoms with Crippen molar-refractivity contribution in [2.75, 3.05) is 10.6 Å². The van der Waals surface area contributed by atoms with E-state index in [1.165, 1.54) is 18.3 Å². The van der Waals surface area contributed by atoms with Crippen LogP contribution in [0, 0.1) is 0 Å². The Hall–Kier alpha value is -2.57. The summed E-state index contributed by atoms with van der Waals surface area (Å²) in [5.41, 5.74) is 0.0819. The van der Waals surface area contributed by atoms with Crippen molar-refractivity contribution >= 4 is 23.1 Å². The molecule has 4 nitrogen and oxygen atoms in total. The van der Waals surface area contributed by atoms with E-state index in [4.69, 9.17) is 0 Å². The largest absolute Gasteiger partial charge is 0.416 e. The first-order valence-corrected chi connectivity index (χ1v) is 6.58. The minimum atomic E-state index is -4.39. The maximum atomic E-state index is 12.6. The SMILES string of the molecule is CCC(=O)Nc1ccc(Nc2cccc(C(F)(F)F)c2)nc1. The lowest BCUT2D eigenvalue weighted by Gasteiger charge is -2.10. The molecule has 0 saturated carbocycles. The highest BCUT2D eigenvalue weighted by atomic mass is 19.4. The van der Waals surface area contributed by atoms with Crippen molar-refractivity contribution in [1.29, 1.82) is 0 Å². The van der Waals surface area contributed by atoms with Gasteiger partial charge in [0.25, 0.3) is 0 Å². The zero-order valence-corrected chi connectivity index (χ0v) is 11.7. The molecule has 1 amide bonds. The highest BCUT2D eigenvalue weighted by molar-refractivity contribution is 5.90. The molecule has 1 aromatic carbocycles. The highest BCUT2D eigenvalue weighted by Gasteiger charge is 2.30. The van der Waals surface area contributed by atoms with Crippen LogP contribution in [-0.2, 0) is 11.0 Å². The lowest BCUT2D eigenvalue weighted by Crippen LogP contribution is -2.09. The molecule has 116 valence electrons.